The normalized spacial score (nSPS) is 25.3. The number of carbonyl (C=O) groups excluding carboxylic acids is 1. The van der Waals surface area contributed by atoms with Gasteiger partial charge in [-0.3, -0.25) is 4.79 Å². The minimum Gasteiger partial charge on any atom is -0.345 e. The first-order chi connectivity index (χ1) is 6.15. The van der Waals surface area contributed by atoms with E-state index in [0.717, 1.165) is 25.1 Å². The van der Waals surface area contributed by atoms with Crippen LogP contribution in [0, 0.1) is 0 Å². The van der Waals surface area contributed by atoms with Gasteiger partial charge in [-0.15, -0.1) is 11.8 Å². The van der Waals surface area contributed by atoms with Gasteiger partial charge in [0.15, 0.2) is 0 Å². The summed E-state index contributed by atoms with van der Waals surface area (Å²) in [6.07, 6.45) is 1.97. The van der Waals surface area contributed by atoms with Crippen molar-refractivity contribution in [2.24, 2.45) is 5.73 Å². The summed E-state index contributed by atoms with van der Waals surface area (Å²) in [7, 11) is 1.86. The fourth-order valence-electron chi connectivity index (χ4n) is 1.30. The van der Waals surface area contributed by atoms with E-state index < -0.39 is 0 Å². The zero-order chi connectivity index (χ0) is 9.84. The second-order valence-electron chi connectivity index (χ2n) is 3.54. The molecule has 0 aliphatic carbocycles. The Morgan fingerprint density at radius 3 is 2.92 bits per heavy atom. The molecule has 3 nitrogen and oxygen atoms in total. The van der Waals surface area contributed by atoms with Crippen molar-refractivity contribution in [2.75, 3.05) is 19.3 Å². The van der Waals surface area contributed by atoms with Crippen molar-refractivity contribution >= 4 is 17.7 Å². The number of carbonyl (C=O) groups is 1. The number of rotatable bonds is 4. The first-order valence-electron chi connectivity index (χ1n) is 4.77. The Morgan fingerprint density at radius 2 is 2.46 bits per heavy atom. The van der Waals surface area contributed by atoms with Gasteiger partial charge in [0.05, 0.1) is 5.25 Å². The number of amides is 1. The molecule has 76 valence electrons. The van der Waals surface area contributed by atoms with E-state index in [1.807, 2.05) is 7.05 Å². The summed E-state index contributed by atoms with van der Waals surface area (Å²) < 4.78 is 0. The van der Waals surface area contributed by atoms with Gasteiger partial charge in [-0.1, -0.05) is 6.92 Å². The van der Waals surface area contributed by atoms with Gasteiger partial charge in [-0.2, -0.15) is 0 Å². The Hall–Kier alpha value is -0.220. The van der Waals surface area contributed by atoms with Gasteiger partial charge in [-0.05, 0) is 12.8 Å². The first kappa shape index (κ1) is 10.9. The van der Waals surface area contributed by atoms with Crippen LogP contribution in [0.25, 0.3) is 0 Å². The van der Waals surface area contributed by atoms with Gasteiger partial charge in [0.1, 0.15) is 0 Å². The third kappa shape index (κ3) is 2.88. The number of hydrogen-bond acceptors (Lipinski definition) is 3. The molecule has 1 saturated heterocycles. The lowest BCUT2D eigenvalue weighted by molar-refractivity contribution is -0.126. The topological polar surface area (TPSA) is 46.3 Å². The van der Waals surface area contributed by atoms with Crippen molar-refractivity contribution in [1.29, 1.82) is 0 Å². The molecule has 0 saturated carbocycles. The number of nitrogens with two attached hydrogens (primary N) is 1. The Balaban J connectivity index is 2.26. The standard InChI is InChI=1S/C9H18N2OS/c1-3-7(10)6-13-8-4-5-11(2)9(8)12/h7-8H,3-6,10H2,1-2H3. The molecule has 0 spiro atoms. The number of nitrogens with zero attached hydrogens (tertiary/aromatic N) is 1. The van der Waals surface area contributed by atoms with Crippen LogP contribution in [0.2, 0.25) is 0 Å². The van der Waals surface area contributed by atoms with Crippen LogP contribution in [0.5, 0.6) is 0 Å². The maximum Gasteiger partial charge on any atom is 0.235 e. The average molecular weight is 202 g/mol. The maximum absolute atomic E-state index is 11.5. The Kier molecular flexibility index (Phi) is 4.06. The highest BCUT2D eigenvalue weighted by Crippen LogP contribution is 2.23. The largest absolute Gasteiger partial charge is 0.345 e. The molecule has 0 aromatic rings. The highest BCUT2D eigenvalue weighted by Gasteiger charge is 2.29. The molecule has 0 radical (unpaired) electrons. The van der Waals surface area contributed by atoms with E-state index in [1.165, 1.54) is 0 Å². The molecule has 1 rings (SSSR count). The van der Waals surface area contributed by atoms with Gasteiger partial charge < -0.3 is 10.6 Å². The lowest BCUT2D eigenvalue weighted by Crippen LogP contribution is -2.27. The Bertz CT molecular complexity index is 186. The third-order valence-electron chi connectivity index (χ3n) is 2.41. The second-order valence-corrected chi connectivity index (χ2v) is 4.77. The monoisotopic (exact) mass is 202 g/mol. The molecule has 13 heavy (non-hydrogen) atoms. The fraction of sp³-hybridized carbons (Fsp3) is 0.889. The average Bonchev–Trinajstić information content (AvgIpc) is 2.44. The Morgan fingerprint density at radius 1 is 1.77 bits per heavy atom. The minimum absolute atomic E-state index is 0.169. The summed E-state index contributed by atoms with van der Waals surface area (Å²) in [6.45, 7) is 2.98. The molecular weight excluding hydrogens is 184 g/mol. The van der Waals surface area contributed by atoms with Crippen LogP contribution in [-0.4, -0.2) is 41.4 Å². The summed E-state index contributed by atoms with van der Waals surface area (Å²) in [5, 5.41) is 0.169. The van der Waals surface area contributed by atoms with Crippen molar-refractivity contribution in [3.05, 3.63) is 0 Å². The van der Waals surface area contributed by atoms with Crippen molar-refractivity contribution in [2.45, 2.75) is 31.1 Å². The zero-order valence-corrected chi connectivity index (χ0v) is 9.14. The molecule has 2 unspecified atom stereocenters. The molecular formula is C9H18N2OS. The third-order valence-corrected chi connectivity index (χ3v) is 3.87. The molecule has 1 aliphatic heterocycles. The number of likely N-dealkylation sites (tertiary alicyclic amines) is 1. The fourth-order valence-corrected chi connectivity index (χ4v) is 2.61. The van der Waals surface area contributed by atoms with Crippen LogP contribution in [-0.2, 0) is 4.79 Å². The van der Waals surface area contributed by atoms with Crippen molar-refractivity contribution in [3.8, 4) is 0 Å². The van der Waals surface area contributed by atoms with Crippen LogP contribution in [0.15, 0.2) is 0 Å². The predicted octanol–water partition coefficient (Wildman–Crippen LogP) is 0.688. The molecule has 0 bridgehead atoms. The van der Waals surface area contributed by atoms with E-state index in [4.69, 9.17) is 5.73 Å². The first-order valence-corrected chi connectivity index (χ1v) is 5.82. The van der Waals surface area contributed by atoms with Gasteiger partial charge in [0, 0.05) is 25.4 Å². The summed E-state index contributed by atoms with van der Waals surface area (Å²) in [4.78, 5) is 13.3. The van der Waals surface area contributed by atoms with Crippen LogP contribution < -0.4 is 5.73 Å². The molecule has 0 aromatic carbocycles. The van der Waals surface area contributed by atoms with E-state index in [-0.39, 0.29) is 17.2 Å². The highest BCUT2D eigenvalue weighted by atomic mass is 32.2. The van der Waals surface area contributed by atoms with E-state index in [9.17, 15) is 4.79 Å². The van der Waals surface area contributed by atoms with Gasteiger partial charge in [-0.25, -0.2) is 0 Å². The molecule has 1 aliphatic rings. The zero-order valence-electron chi connectivity index (χ0n) is 8.32. The molecule has 0 aromatic heterocycles. The van der Waals surface area contributed by atoms with E-state index in [1.54, 1.807) is 16.7 Å². The van der Waals surface area contributed by atoms with Gasteiger partial charge in [0.2, 0.25) is 5.91 Å². The Labute approximate surface area is 84.0 Å². The molecule has 4 heteroatoms. The van der Waals surface area contributed by atoms with Crippen LogP contribution in [0.1, 0.15) is 19.8 Å². The van der Waals surface area contributed by atoms with E-state index >= 15 is 0 Å². The lowest BCUT2D eigenvalue weighted by Gasteiger charge is -2.12. The molecule has 1 heterocycles. The van der Waals surface area contributed by atoms with Crippen molar-refractivity contribution in [3.63, 3.8) is 0 Å². The quantitative estimate of drug-likeness (QED) is 0.729. The molecule has 1 fully saturated rings. The molecule has 1 amide bonds. The van der Waals surface area contributed by atoms with Crippen molar-refractivity contribution < 1.29 is 4.79 Å². The maximum atomic E-state index is 11.5. The van der Waals surface area contributed by atoms with Gasteiger partial charge in [0.25, 0.3) is 0 Å². The summed E-state index contributed by atoms with van der Waals surface area (Å²) >= 11 is 1.71. The second kappa shape index (κ2) is 4.86. The van der Waals surface area contributed by atoms with E-state index in [0.29, 0.717) is 0 Å². The number of thioether (sulfide) groups is 1. The predicted molar refractivity (Wildman–Crippen MR) is 56.8 cm³/mol. The number of hydrogen-bond donors (Lipinski definition) is 1. The summed E-state index contributed by atoms with van der Waals surface area (Å²) in [5.74, 6) is 1.18. The van der Waals surface area contributed by atoms with Crippen molar-refractivity contribution in [1.82, 2.24) is 4.90 Å². The van der Waals surface area contributed by atoms with Crippen LogP contribution in [0.3, 0.4) is 0 Å². The summed E-state index contributed by atoms with van der Waals surface area (Å²) in [5.41, 5.74) is 5.79. The van der Waals surface area contributed by atoms with Gasteiger partial charge >= 0.3 is 0 Å². The molecule has 2 atom stereocenters. The van der Waals surface area contributed by atoms with Crippen LogP contribution in [0.4, 0.5) is 0 Å². The highest BCUT2D eigenvalue weighted by molar-refractivity contribution is 8.00. The minimum atomic E-state index is 0.169. The molecule has 2 N–H and O–H groups in total. The van der Waals surface area contributed by atoms with Crippen LogP contribution >= 0.6 is 11.8 Å². The summed E-state index contributed by atoms with van der Waals surface area (Å²) in [6, 6.07) is 0.240. The van der Waals surface area contributed by atoms with E-state index in [2.05, 4.69) is 6.92 Å². The smallest absolute Gasteiger partial charge is 0.235 e. The SMILES string of the molecule is CCC(N)CSC1CCN(C)C1=O. The lowest BCUT2D eigenvalue weighted by atomic mass is 10.3.